The third-order valence-electron chi connectivity index (χ3n) is 6.51. The third kappa shape index (κ3) is 5.65. The van der Waals surface area contributed by atoms with Gasteiger partial charge in [0.25, 0.3) is 0 Å². The highest BCUT2D eigenvalue weighted by Crippen LogP contribution is 2.37. The number of aryl methyl sites for hydroxylation is 2. The van der Waals surface area contributed by atoms with Crippen molar-refractivity contribution in [2.24, 2.45) is 5.92 Å². The molecule has 0 radical (unpaired) electrons. The molecule has 0 spiro atoms. The number of hydrogen-bond acceptors (Lipinski definition) is 2. The summed E-state index contributed by atoms with van der Waals surface area (Å²) in [6.45, 7) is 6.68. The van der Waals surface area contributed by atoms with Crippen LogP contribution in [0.25, 0.3) is 11.1 Å². The van der Waals surface area contributed by atoms with Gasteiger partial charge in [-0.25, -0.2) is 9.97 Å². The highest BCUT2D eigenvalue weighted by Gasteiger charge is 2.24. The predicted octanol–water partition coefficient (Wildman–Crippen LogP) is 7.65. The van der Waals surface area contributed by atoms with Crippen LogP contribution in [0.15, 0.2) is 30.5 Å². The second kappa shape index (κ2) is 10.7. The number of rotatable bonds is 9. The van der Waals surface area contributed by atoms with E-state index < -0.39 is 0 Å². The van der Waals surface area contributed by atoms with E-state index in [1.54, 1.807) is 0 Å². The maximum Gasteiger partial charge on any atom is 0.131 e. The summed E-state index contributed by atoms with van der Waals surface area (Å²) in [7, 11) is 0. The summed E-state index contributed by atoms with van der Waals surface area (Å²) < 4.78 is 0. The number of aromatic nitrogens is 2. The first-order chi connectivity index (χ1) is 13.7. The van der Waals surface area contributed by atoms with Crippen LogP contribution in [0.4, 0.5) is 0 Å². The molecule has 0 atom stereocenters. The molecule has 1 fully saturated rings. The lowest BCUT2D eigenvalue weighted by molar-refractivity contribution is 0.297. The summed E-state index contributed by atoms with van der Waals surface area (Å²) in [5.41, 5.74) is 4.97. The Kier molecular flexibility index (Phi) is 8.06. The molecular formula is C26H38N2. The molecule has 0 amide bonds. The van der Waals surface area contributed by atoms with Crippen molar-refractivity contribution in [1.82, 2.24) is 9.97 Å². The van der Waals surface area contributed by atoms with E-state index in [0.717, 1.165) is 17.4 Å². The lowest BCUT2D eigenvalue weighted by Crippen LogP contribution is -2.16. The molecule has 1 aliphatic rings. The molecule has 1 aromatic heterocycles. The molecule has 1 aliphatic carbocycles. The van der Waals surface area contributed by atoms with E-state index in [4.69, 9.17) is 9.97 Å². The highest BCUT2D eigenvalue weighted by molar-refractivity contribution is 5.65. The molecule has 2 nitrogen and oxygen atoms in total. The van der Waals surface area contributed by atoms with Crippen LogP contribution in [0.2, 0.25) is 0 Å². The topological polar surface area (TPSA) is 25.8 Å². The first-order valence-corrected chi connectivity index (χ1v) is 11.6. The molecule has 0 N–H and O–H groups in total. The fraction of sp³-hybridized carbons (Fsp3) is 0.615. The quantitative estimate of drug-likeness (QED) is 0.419. The van der Waals surface area contributed by atoms with Crippen LogP contribution in [0, 0.1) is 12.8 Å². The average molecular weight is 379 g/mol. The van der Waals surface area contributed by atoms with E-state index in [1.165, 1.54) is 87.3 Å². The Bertz CT molecular complexity index is 712. The Hall–Kier alpha value is -1.70. The van der Waals surface area contributed by atoms with E-state index in [1.807, 2.05) is 0 Å². The van der Waals surface area contributed by atoms with E-state index in [0.29, 0.717) is 5.92 Å². The van der Waals surface area contributed by atoms with Crippen molar-refractivity contribution >= 4 is 0 Å². The molecule has 0 unspecified atom stereocenters. The van der Waals surface area contributed by atoms with Crippen molar-refractivity contribution in [3.63, 3.8) is 0 Å². The number of unbranched alkanes of at least 4 members (excludes halogenated alkanes) is 3. The molecule has 1 heterocycles. The van der Waals surface area contributed by atoms with E-state index in [2.05, 4.69) is 51.2 Å². The maximum absolute atomic E-state index is 4.93. The Morgan fingerprint density at radius 1 is 0.893 bits per heavy atom. The first kappa shape index (κ1) is 21.0. The molecule has 0 aliphatic heterocycles. The molecule has 1 aromatic carbocycles. The van der Waals surface area contributed by atoms with Gasteiger partial charge in [-0.1, -0.05) is 70.2 Å². The zero-order valence-corrected chi connectivity index (χ0v) is 18.2. The van der Waals surface area contributed by atoms with Gasteiger partial charge in [-0.05, 0) is 62.5 Å². The van der Waals surface area contributed by atoms with Gasteiger partial charge in [-0.3, -0.25) is 0 Å². The van der Waals surface area contributed by atoms with Gasteiger partial charge < -0.3 is 0 Å². The van der Waals surface area contributed by atoms with Crippen LogP contribution in [-0.4, -0.2) is 9.97 Å². The summed E-state index contributed by atoms with van der Waals surface area (Å²) in [5.74, 6) is 2.58. The Labute approximate surface area is 172 Å². The molecular weight excluding hydrogens is 340 g/mol. The lowest BCUT2D eigenvalue weighted by Gasteiger charge is -2.28. The second-order valence-corrected chi connectivity index (χ2v) is 8.74. The Morgan fingerprint density at radius 3 is 2.25 bits per heavy atom. The minimum atomic E-state index is 0.562. The van der Waals surface area contributed by atoms with Gasteiger partial charge in [0.2, 0.25) is 0 Å². The van der Waals surface area contributed by atoms with Gasteiger partial charge in [0.15, 0.2) is 0 Å². The molecule has 2 heteroatoms. The third-order valence-corrected chi connectivity index (χ3v) is 6.51. The van der Waals surface area contributed by atoms with Gasteiger partial charge in [0.1, 0.15) is 5.82 Å². The van der Waals surface area contributed by atoms with Crippen LogP contribution in [-0.2, 0) is 6.42 Å². The van der Waals surface area contributed by atoms with Crippen LogP contribution in [0.5, 0.6) is 0 Å². The molecule has 3 rings (SSSR count). The van der Waals surface area contributed by atoms with Gasteiger partial charge in [0.05, 0.1) is 0 Å². The highest BCUT2D eigenvalue weighted by atomic mass is 14.9. The van der Waals surface area contributed by atoms with Crippen LogP contribution < -0.4 is 0 Å². The predicted molar refractivity (Wildman–Crippen MR) is 120 cm³/mol. The first-order valence-electron chi connectivity index (χ1n) is 11.6. The monoisotopic (exact) mass is 378 g/mol. The van der Waals surface area contributed by atoms with Crippen LogP contribution in [0.3, 0.4) is 0 Å². The van der Waals surface area contributed by atoms with Crippen molar-refractivity contribution in [3.8, 4) is 11.1 Å². The summed E-state index contributed by atoms with van der Waals surface area (Å²) in [5, 5.41) is 0. The van der Waals surface area contributed by atoms with Crippen molar-refractivity contribution in [1.29, 1.82) is 0 Å². The smallest absolute Gasteiger partial charge is 0.131 e. The van der Waals surface area contributed by atoms with Gasteiger partial charge in [-0.15, -0.1) is 0 Å². The average Bonchev–Trinajstić information content (AvgIpc) is 2.73. The summed E-state index contributed by atoms with van der Waals surface area (Å²) in [6.07, 6.45) is 16.5. The summed E-state index contributed by atoms with van der Waals surface area (Å²) in [4.78, 5) is 9.74. The molecule has 2 aromatic rings. The Balaban J connectivity index is 1.60. The second-order valence-electron chi connectivity index (χ2n) is 8.74. The van der Waals surface area contributed by atoms with Crippen molar-refractivity contribution < 1.29 is 0 Å². The fourth-order valence-corrected chi connectivity index (χ4v) is 4.59. The minimum Gasteiger partial charge on any atom is -0.240 e. The molecule has 28 heavy (non-hydrogen) atoms. The molecule has 1 saturated carbocycles. The van der Waals surface area contributed by atoms with Crippen LogP contribution in [0.1, 0.15) is 101 Å². The van der Waals surface area contributed by atoms with Crippen molar-refractivity contribution in [3.05, 3.63) is 47.5 Å². The Morgan fingerprint density at radius 2 is 1.61 bits per heavy atom. The zero-order chi connectivity index (χ0) is 19.8. The maximum atomic E-state index is 4.93. The normalized spacial score (nSPS) is 19.7. The zero-order valence-electron chi connectivity index (χ0n) is 18.2. The van der Waals surface area contributed by atoms with Crippen molar-refractivity contribution in [2.45, 2.75) is 97.3 Å². The number of nitrogens with zero attached hydrogens (tertiary/aromatic N) is 2. The van der Waals surface area contributed by atoms with Crippen LogP contribution >= 0.6 is 0 Å². The van der Waals surface area contributed by atoms with E-state index in [-0.39, 0.29) is 0 Å². The minimum absolute atomic E-state index is 0.562. The summed E-state index contributed by atoms with van der Waals surface area (Å²) >= 11 is 0. The van der Waals surface area contributed by atoms with Gasteiger partial charge in [-0.2, -0.15) is 0 Å². The van der Waals surface area contributed by atoms with Gasteiger partial charge >= 0.3 is 0 Å². The summed E-state index contributed by atoms with van der Waals surface area (Å²) in [6, 6.07) is 8.99. The SMILES string of the molecule is CCCCC[C@H]1CC[C@H](c2ncc(-c3ccc(CCCC)cc3)c(C)n2)CC1. The lowest BCUT2D eigenvalue weighted by atomic mass is 9.79. The largest absolute Gasteiger partial charge is 0.240 e. The van der Waals surface area contributed by atoms with Crippen molar-refractivity contribution in [2.75, 3.05) is 0 Å². The molecule has 0 bridgehead atoms. The fourth-order valence-electron chi connectivity index (χ4n) is 4.59. The van der Waals surface area contributed by atoms with Gasteiger partial charge in [0, 0.05) is 23.4 Å². The van der Waals surface area contributed by atoms with E-state index in [9.17, 15) is 0 Å². The molecule has 152 valence electrons. The van der Waals surface area contributed by atoms with E-state index >= 15 is 0 Å². The number of benzene rings is 1. The standard InChI is InChI=1S/C26H38N2/c1-4-6-8-10-22-13-17-24(18-14-22)26-27-19-25(20(3)28-26)23-15-11-21(12-16-23)9-7-5-2/h11-12,15-16,19,22,24H,4-10,13-14,17-18H2,1-3H3/t22-,24-. The number of hydrogen-bond donors (Lipinski definition) is 0. The molecule has 0 saturated heterocycles.